The van der Waals surface area contributed by atoms with Crippen LogP contribution in [0.15, 0.2) is 5.38 Å². The van der Waals surface area contributed by atoms with Gasteiger partial charge in [0.25, 0.3) is 5.91 Å². The average Bonchev–Trinajstić information content (AvgIpc) is 2.99. The van der Waals surface area contributed by atoms with Gasteiger partial charge in [-0.1, -0.05) is 12.8 Å². The van der Waals surface area contributed by atoms with Gasteiger partial charge in [-0.2, -0.15) is 0 Å². The molecule has 2 aliphatic rings. The molecule has 0 radical (unpaired) electrons. The van der Waals surface area contributed by atoms with Crippen molar-refractivity contribution in [3.63, 3.8) is 0 Å². The molecule has 18 heavy (non-hydrogen) atoms. The van der Waals surface area contributed by atoms with Crippen molar-refractivity contribution >= 4 is 23.3 Å². The number of urea groups is 1. The van der Waals surface area contributed by atoms with Gasteiger partial charge in [0.1, 0.15) is 10.5 Å². The molecule has 0 bridgehead atoms. The molecule has 1 aromatic rings. The molecule has 5 nitrogen and oxygen atoms in total. The van der Waals surface area contributed by atoms with Crippen LogP contribution in [0.25, 0.3) is 0 Å². The summed E-state index contributed by atoms with van der Waals surface area (Å²) in [5.41, 5.74) is 0.359. The standard InChI is InChI=1S/C12H15N3O2S/c1-8-7-18-9(13-8)6-15-11(17)14-10(16)12(15)4-2-3-5-12/h7H,2-6H2,1H3,(H,14,16,17). The lowest BCUT2D eigenvalue weighted by Crippen LogP contribution is -2.46. The van der Waals surface area contributed by atoms with Crippen molar-refractivity contribution in [3.05, 3.63) is 16.1 Å². The Kier molecular flexibility index (Phi) is 2.62. The Hall–Kier alpha value is -1.43. The third-order valence-electron chi connectivity index (χ3n) is 3.80. The van der Waals surface area contributed by atoms with Crippen LogP contribution in [0.4, 0.5) is 4.79 Å². The summed E-state index contributed by atoms with van der Waals surface area (Å²) in [6.45, 7) is 2.37. The number of aromatic nitrogens is 1. The van der Waals surface area contributed by atoms with Crippen molar-refractivity contribution in [1.82, 2.24) is 15.2 Å². The summed E-state index contributed by atoms with van der Waals surface area (Å²) in [6.07, 6.45) is 3.56. The van der Waals surface area contributed by atoms with E-state index in [1.54, 1.807) is 4.90 Å². The Morgan fingerprint density at radius 3 is 2.78 bits per heavy atom. The molecule has 1 aromatic heterocycles. The van der Waals surface area contributed by atoms with Crippen LogP contribution in [-0.4, -0.2) is 27.4 Å². The smallest absolute Gasteiger partial charge is 0.303 e. The highest BCUT2D eigenvalue weighted by Crippen LogP contribution is 2.39. The molecule has 1 spiro atoms. The molecular formula is C12H15N3O2S. The van der Waals surface area contributed by atoms with Gasteiger partial charge in [0.05, 0.1) is 6.54 Å². The topological polar surface area (TPSA) is 62.3 Å². The predicted molar refractivity (Wildman–Crippen MR) is 67.1 cm³/mol. The second-order valence-electron chi connectivity index (χ2n) is 4.97. The third-order valence-corrected chi connectivity index (χ3v) is 4.75. The zero-order valence-corrected chi connectivity index (χ0v) is 11.0. The zero-order chi connectivity index (χ0) is 12.8. The first-order valence-corrected chi connectivity index (χ1v) is 7.04. The van der Waals surface area contributed by atoms with Crippen LogP contribution in [0.1, 0.15) is 36.4 Å². The Morgan fingerprint density at radius 2 is 2.17 bits per heavy atom. The fourth-order valence-electron chi connectivity index (χ4n) is 2.89. The Labute approximate surface area is 109 Å². The van der Waals surface area contributed by atoms with Crippen molar-refractivity contribution < 1.29 is 9.59 Å². The van der Waals surface area contributed by atoms with Gasteiger partial charge in [0.2, 0.25) is 0 Å². The van der Waals surface area contributed by atoms with Crippen molar-refractivity contribution in [3.8, 4) is 0 Å². The second-order valence-corrected chi connectivity index (χ2v) is 5.91. The molecule has 1 saturated heterocycles. The predicted octanol–water partition coefficient (Wildman–Crippen LogP) is 1.82. The molecule has 1 saturated carbocycles. The molecule has 3 rings (SSSR count). The maximum Gasteiger partial charge on any atom is 0.325 e. The number of hydrogen-bond acceptors (Lipinski definition) is 4. The number of thiazole rings is 1. The highest BCUT2D eigenvalue weighted by atomic mass is 32.1. The molecule has 0 atom stereocenters. The van der Waals surface area contributed by atoms with Crippen LogP contribution < -0.4 is 5.32 Å². The van der Waals surface area contributed by atoms with E-state index in [4.69, 9.17) is 0 Å². The zero-order valence-electron chi connectivity index (χ0n) is 10.2. The summed E-state index contributed by atoms with van der Waals surface area (Å²) in [6, 6.07) is -0.269. The van der Waals surface area contributed by atoms with Gasteiger partial charge >= 0.3 is 6.03 Å². The molecular weight excluding hydrogens is 250 g/mol. The van der Waals surface area contributed by atoms with Gasteiger partial charge in [-0.15, -0.1) is 11.3 Å². The van der Waals surface area contributed by atoms with Crippen LogP contribution in [0, 0.1) is 6.92 Å². The molecule has 0 unspecified atom stereocenters. The van der Waals surface area contributed by atoms with E-state index in [0.717, 1.165) is 36.4 Å². The summed E-state index contributed by atoms with van der Waals surface area (Å²) < 4.78 is 0. The van der Waals surface area contributed by atoms with Crippen molar-refractivity contribution in [2.24, 2.45) is 0 Å². The molecule has 2 fully saturated rings. The summed E-state index contributed by atoms with van der Waals surface area (Å²) in [5.74, 6) is -0.127. The van der Waals surface area contributed by atoms with Crippen LogP contribution in [0.3, 0.4) is 0 Å². The number of hydrogen-bond donors (Lipinski definition) is 1. The van der Waals surface area contributed by atoms with E-state index < -0.39 is 5.54 Å². The first kappa shape index (κ1) is 11.6. The fourth-order valence-corrected chi connectivity index (χ4v) is 3.65. The monoisotopic (exact) mass is 265 g/mol. The van der Waals surface area contributed by atoms with E-state index in [0.29, 0.717) is 6.54 Å². The van der Waals surface area contributed by atoms with E-state index in [1.807, 2.05) is 12.3 Å². The number of carbonyl (C=O) groups excluding carboxylic acids is 2. The average molecular weight is 265 g/mol. The van der Waals surface area contributed by atoms with Gasteiger partial charge in [0, 0.05) is 11.1 Å². The Bertz CT molecular complexity index is 505. The van der Waals surface area contributed by atoms with E-state index in [2.05, 4.69) is 10.3 Å². The van der Waals surface area contributed by atoms with Gasteiger partial charge in [-0.3, -0.25) is 10.1 Å². The number of nitrogens with zero attached hydrogens (tertiary/aromatic N) is 2. The van der Waals surface area contributed by atoms with E-state index in [9.17, 15) is 9.59 Å². The third kappa shape index (κ3) is 1.63. The minimum Gasteiger partial charge on any atom is -0.303 e. The van der Waals surface area contributed by atoms with Crippen molar-refractivity contribution in [2.75, 3.05) is 0 Å². The maximum atomic E-state index is 12.0. The quantitative estimate of drug-likeness (QED) is 0.830. The molecule has 6 heteroatoms. The summed E-state index contributed by atoms with van der Waals surface area (Å²) in [4.78, 5) is 30.0. The summed E-state index contributed by atoms with van der Waals surface area (Å²) in [7, 11) is 0. The number of carbonyl (C=O) groups is 2. The number of imide groups is 1. The minimum absolute atomic E-state index is 0.127. The van der Waals surface area contributed by atoms with Gasteiger partial charge < -0.3 is 4.90 Å². The number of nitrogens with one attached hydrogen (secondary N) is 1. The highest BCUT2D eigenvalue weighted by molar-refractivity contribution is 7.09. The first-order valence-electron chi connectivity index (χ1n) is 6.16. The molecule has 3 amide bonds. The lowest BCUT2D eigenvalue weighted by Gasteiger charge is -2.30. The first-order chi connectivity index (χ1) is 8.62. The minimum atomic E-state index is -0.601. The largest absolute Gasteiger partial charge is 0.325 e. The van der Waals surface area contributed by atoms with Gasteiger partial charge in [0.15, 0.2) is 0 Å². The second kappa shape index (κ2) is 4.05. The van der Waals surface area contributed by atoms with E-state index >= 15 is 0 Å². The van der Waals surface area contributed by atoms with E-state index in [-0.39, 0.29) is 11.9 Å². The summed E-state index contributed by atoms with van der Waals surface area (Å²) >= 11 is 1.54. The van der Waals surface area contributed by atoms with Crippen molar-refractivity contribution in [1.29, 1.82) is 0 Å². The van der Waals surface area contributed by atoms with Crippen LogP contribution in [-0.2, 0) is 11.3 Å². The molecule has 96 valence electrons. The van der Waals surface area contributed by atoms with E-state index in [1.165, 1.54) is 11.3 Å². The molecule has 1 aliphatic heterocycles. The van der Waals surface area contributed by atoms with Gasteiger partial charge in [-0.25, -0.2) is 9.78 Å². The van der Waals surface area contributed by atoms with Crippen LogP contribution in [0.5, 0.6) is 0 Å². The maximum absolute atomic E-state index is 12.0. The number of aryl methyl sites for hydroxylation is 1. The Balaban J connectivity index is 1.89. The normalized spacial score (nSPS) is 21.9. The molecule has 1 aliphatic carbocycles. The van der Waals surface area contributed by atoms with Crippen LogP contribution in [0.2, 0.25) is 0 Å². The molecule has 1 N–H and O–H groups in total. The van der Waals surface area contributed by atoms with Crippen molar-refractivity contribution in [2.45, 2.75) is 44.7 Å². The van der Waals surface area contributed by atoms with Crippen LogP contribution >= 0.6 is 11.3 Å². The molecule has 0 aromatic carbocycles. The van der Waals surface area contributed by atoms with Gasteiger partial charge in [-0.05, 0) is 19.8 Å². The SMILES string of the molecule is Cc1csc(CN2C(=O)NC(=O)C23CCCC3)n1. The lowest BCUT2D eigenvalue weighted by molar-refractivity contribution is -0.126. The summed E-state index contributed by atoms with van der Waals surface area (Å²) in [5, 5.41) is 5.31. The molecule has 2 heterocycles. The number of amides is 3. The highest BCUT2D eigenvalue weighted by Gasteiger charge is 2.54. The number of rotatable bonds is 2. The fraction of sp³-hybridized carbons (Fsp3) is 0.583. The Morgan fingerprint density at radius 1 is 1.44 bits per heavy atom. The lowest BCUT2D eigenvalue weighted by atomic mass is 9.96.